The van der Waals surface area contributed by atoms with Crippen molar-refractivity contribution in [3.63, 3.8) is 0 Å². The Balaban J connectivity index is 2.83. The van der Waals surface area contributed by atoms with Gasteiger partial charge in [0.05, 0.1) is 23.3 Å². The molecule has 0 atom stereocenters. The lowest BCUT2D eigenvalue weighted by atomic mass is 10.1. The number of benzene rings is 1. The van der Waals surface area contributed by atoms with E-state index in [0.717, 1.165) is 0 Å². The van der Waals surface area contributed by atoms with Crippen molar-refractivity contribution in [2.45, 2.75) is 4.90 Å². The van der Waals surface area contributed by atoms with Crippen molar-refractivity contribution in [3.05, 3.63) is 46.9 Å². The average molecular weight is 230 g/mol. The number of sulfone groups is 1. The van der Waals surface area contributed by atoms with E-state index >= 15 is 0 Å². The largest absolute Gasteiger partial charge is 0.266 e. The Kier molecular flexibility index (Phi) is 2.26. The fraction of sp³-hybridized carbons (Fsp3) is 0.0909. The Morgan fingerprint density at radius 1 is 1.44 bits per heavy atom. The Labute approximate surface area is 93.2 Å². The van der Waals surface area contributed by atoms with Gasteiger partial charge in [-0.15, -0.1) is 0 Å². The second kappa shape index (κ2) is 3.48. The highest BCUT2D eigenvalue weighted by Gasteiger charge is 2.31. The summed E-state index contributed by atoms with van der Waals surface area (Å²) >= 11 is 0. The molecule has 4 nitrogen and oxygen atoms in total. The zero-order chi connectivity index (χ0) is 11.8. The molecule has 0 amide bonds. The summed E-state index contributed by atoms with van der Waals surface area (Å²) in [5.74, 6) is -0.252. The van der Waals surface area contributed by atoms with Crippen molar-refractivity contribution in [2.75, 3.05) is 5.75 Å². The highest BCUT2D eigenvalue weighted by molar-refractivity contribution is 7.92. The normalized spacial score (nSPS) is 19.4. The van der Waals surface area contributed by atoms with Crippen molar-refractivity contribution < 1.29 is 8.42 Å². The lowest BCUT2D eigenvalue weighted by Crippen LogP contribution is -1.98. The van der Waals surface area contributed by atoms with E-state index in [2.05, 4.69) is 4.85 Å². The molecule has 1 aromatic rings. The molecule has 78 valence electrons. The van der Waals surface area contributed by atoms with Gasteiger partial charge in [0.25, 0.3) is 5.70 Å². The fourth-order valence-electron chi connectivity index (χ4n) is 1.69. The summed E-state index contributed by atoms with van der Waals surface area (Å²) in [7, 11) is -3.37. The number of allylic oxidation sites excluding steroid dienone is 1. The molecule has 0 saturated heterocycles. The van der Waals surface area contributed by atoms with Crippen LogP contribution in [0.2, 0.25) is 0 Å². The molecular weight excluding hydrogens is 224 g/mol. The minimum absolute atomic E-state index is 0.145. The summed E-state index contributed by atoms with van der Waals surface area (Å²) in [6.45, 7) is 6.85. The number of fused-ring (bicyclic) bond motifs is 1. The SMILES string of the molecule is [C-]#[N+]/C(C#N)=C1\CS(=O)(=O)c2ccccc21. The maximum atomic E-state index is 11.8. The third-order valence-corrected chi connectivity index (χ3v) is 4.08. The monoisotopic (exact) mass is 230 g/mol. The molecule has 0 N–H and O–H groups in total. The minimum atomic E-state index is -3.37. The van der Waals surface area contributed by atoms with Gasteiger partial charge in [-0.05, 0) is 17.2 Å². The molecule has 0 aromatic heterocycles. The molecule has 1 aliphatic heterocycles. The minimum Gasteiger partial charge on any atom is -0.226 e. The van der Waals surface area contributed by atoms with Crippen molar-refractivity contribution in [1.82, 2.24) is 0 Å². The third-order valence-electron chi connectivity index (χ3n) is 2.39. The molecule has 1 heterocycles. The van der Waals surface area contributed by atoms with E-state index in [1.165, 1.54) is 6.07 Å². The summed E-state index contributed by atoms with van der Waals surface area (Å²) in [5, 5.41) is 8.77. The lowest BCUT2D eigenvalue weighted by Gasteiger charge is -1.97. The topological polar surface area (TPSA) is 62.3 Å². The van der Waals surface area contributed by atoms with Gasteiger partial charge in [0.15, 0.2) is 9.84 Å². The van der Waals surface area contributed by atoms with Crippen molar-refractivity contribution in [1.29, 1.82) is 5.26 Å². The Bertz CT molecular complexity index is 657. The van der Waals surface area contributed by atoms with Crippen LogP contribution in [0.3, 0.4) is 0 Å². The highest BCUT2D eigenvalue weighted by atomic mass is 32.2. The van der Waals surface area contributed by atoms with E-state index < -0.39 is 9.84 Å². The smallest absolute Gasteiger partial charge is 0.226 e. The molecule has 0 radical (unpaired) electrons. The van der Waals surface area contributed by atoms with E-state index in [1.54, 1.807) is 24.3 Å². The van der Waals surface area contributed by atoms with Gasteiger partial charge in [0, 0.05) is 0 Å². The van der Waals surface area contributed by atoms with Gasteiger partial charge in [-0.3, -0.25) is 0 Å². The molecule has 0 spiro atoms. The first-order valence-corrected chi connectivity index (χ1v) is 6.08. The van der Waals surface area contributed by atoms with Crippen LogP contribution in [-0.4, -0.2) is 14.2 Å². The van der Waals surface area contributed by atoms with E-state index in [1.807, 2.05) is 0 Å². The molecule has 16 heavy (non-hydrogen) atoms. The highest BCUT2D eigenvalue weighted by Crippen LogP contribution is 2.35. The van der Waals surface area contributed by atoms with Gasteiger partial charge < -0.3 is 0 Å². The number of hydrogen-bond donors (Lipinski definition) is 0. The van der Waals surface area contributed by atoms with Crippen LogP contribution in [0.15, 0.2) is 34.9 Å². The van der Waals surface area contributed by atoms with Gasteiger partial charge in [-0.1, -0.05) is 18.2 Å². The van der Waals surface area contributed by atoms with Gasteiger partial charge in [0.2, 0.25) is 0 Å². The molecule has 0 fully saturated rings. The summed E-state index contributed by atoms with van der Waals surface area (Å²) in [6, 6.07) is 8.17. The lowest BCUT2D eigenvalue weighted by molar-refractivity contribution is 0.601. The predicted molar refractivity (Wildman–Crippen MR) is 57.6 cm³/mol. The zero-order valence-electron chi connectivity index (χ0n) is 8.14. The van der Waals surface area contributed by atoms with Crippen LogP contribution in [0, 0.1) is 17.9 Å². The van der Waals surface area contributed by atoms with Gasteiger partial charge in [-0.25, -0.2) is 18.5 Å². The average Bonchev–Trinajstić information content (AvgIpc) is 2.54. The predicted octanol–water partition coefficient (Wildman–Crippen LogP) is 1.63. The molecule has 0 saturated carbocycles. The van der Waals surface area contributed by atoms with Crippen LogP contribution >= 0.6 is 0 Å². The zero-order valence-corrected chi connectivity index (χ0v) is 8.95. The molecule has 2 rings (SSSR count). The van der Waals surface area contributed by atoms with Crippen molar-refractivity contribution in [2.24, 2.45) is 0 Å². The first-order valence-electron chi connectivity index (χ1n) is 4.43. The first kappa shape index (κ1) is 10.4. The van der Waals surface area contributed by atoms with E-state index in [-0.39, 0.29) is 16.3 Å². The molecule has 1 aliphatic rings. The summed E-state index contributed by atoms with van der Waals surface area (Å²) < 4.78 is 23.5. The number of hydrogen-bond acceptors (Lipinski definition) is 3. The summed E-state index contributed by atoms with van der Waals surface area (Å²) in [6.07, 6.45) is 0. The number of nitriles is 1. The molecule has 5 heteroatoms. The Morgan fingerprint density at radius 3 is 2.75 bits per heavy atom. The quantitative estimate of drug-likeness (QED) is 0.502. The van der Waals surface area contributed by atoms with Gasteiger partial charge in [-0.2, -0.15) is 0 Å². The van der Waals surface area contributed by atoms with Crippen LogP contribution in [0.5, 0.6) is 0 Å². The van der Waals surface area contributed by atoms with Gasteiger partial charge in [0.1, 0.15) is 0 Å². The second-order valence-corrected chi connectivity index (χ2v) is 5.26. The third kappa shape index (κ3) is 1.39. The summed E-state index contributed by atoms with van der Waals surface area (Å²) in [5.41, 5.74) is 0.650. The van der Waals surface area contributed by atoms with Gasteiger partial charge >= 0.3 is 0 Å². The molecule has 0 bridgehead atoms. The van der Waals surface area contributed by atoms with Crippen LogP contribution in [0.25, 0.3) is 10.4 Å². The Hall–Kier alpha value is -2.11. The maximum Gasteiger partial charge on any atom is 0.266 e. The standard InChI is InChI=1S/C11H6N2O2S/c1-13-10(6-12)9-7-16(14,15)11-5-3-2-4-8(9)11/h2-5H,7H2/b10-9+. The second-order valence-electron chi connectivity index (χ2n) is 3.31. The Morgan fingerprint density at radius 2 is 2.12 bits per heavy atom. The van der Waals surface area contributed by atoms with Crippen molar-refractivity contribution >= 4 is 15.4 Å². The van der Waals surface area contributed by atoms with Crippen LogP contribution in [-0.2, 0) is 9.84 Å². The van der Waals surface area contributed by atoms with Crippen molar-refractivity contribution in [3.8, 4) is 6.07 Å². The van der Waals surface area contributed by atoms with Crippen LogP contribution < -0.4 is 0 Å². The number of rotatable bonds is 0. The molecule has 0 aliphatic carbocycles. The number of nitrogens with zero attached hydrogens (tertiary/aromatic N) is 2. The molecule has 0 unspecified atom stereocenters. The van der Waals surface area contributed by atoms with Crippen LogP contribution in [0.1, 0.15) is 5.56 Å². The van der Waals surface area contributed by atoms with E-state index in [9.17, 15) is 8.42 Å². The summed E-state index contributed by atoms with van der Waals surface area (Å²) in [4.78, 5) is 3.27. The maximum absolute atomic E-state index is 11.8. The molecular formula is C11H6N2O2S. The van der Waals surface area contributed by atoms with E-state index in [4.69, 9.17) is 11.8 Å². The fourth-order valence-corrected chi connectivity index (χ4v) is 3.33. The van der Waals surface area contributed by atoms with E-state index in [0.29, 0.717) is 11.1 Å². The first-order chi connectivity index (χ1) is 7.60. The molecule has 1 aromatic carbocycles. The van der Waals surface area contributed by atoms with Crippen LogP contribution in [0.4, 0.5) is 0 Å².